The normalized spacial score (nSPS) is 10.8. The highest BCUT2D eigenvalue weighted by atomic mass is 16.3. The van der Waals surface area contributed by atoms with E-state index >= 15 is 0 Å². The minimum atomic E-state index is -0.941. The molecule has 0 unspecified atom stereocenters. The summed E-state index contributed by atoms with van der Waals surface area (Å²) in [5.74, 6) is -0.300. The van der Waals surface area contributed by atoms with Crippen LogP contribution < -0.4 is 5.32 Å². The van der Waals surface area contributed by atoms with Gasteiger partial charge in [-0.2, -0.15) is 0 Å². The van der Waals surface area contributed by atoms with Crippen LogP contribution in [0.4, 0.5) is 0 Å². The summed E-state index contributed by atoms with van der Waals surface area (Å²) in [5, 5.41) is 20.3. The summed E-state index contributed by atoms with van der Waals surface area (Å²) in [6.45, 7) is 4.60. The predicted octanol–water partition coefficient (Wildman–Crippen LogP) is -0.188. The highest BCUT2D eigenvalue weighted by Crippen LogP contribution is 2.01. The number of rotatable bonds is 4. The summed E-state index contributed by atoms with van der Waals surface area (Å²) in [7, 11) is 0. The van der Waals surface area contributed by atoms with Gasteiger partial charge in [0.1, 0.15) is 0 Å². The maximum atomic E-state index is 11.2. The first-order chi connectivity index (χ1) is 5.93. The molecule has 0 atom stereocenters. The number of aliphatic hydroxyl groups is 2. The molecule has 0 spiro atoms. The number of nitrogens with one attached hydrogen (secondary N) is 1. The van der Waals surface area contributed by atoms with Crippen molar-refractivity contribution >= 4 is 5.91 Å². The molecule has 0 rings (SSSR count). The largest absolute Gasteiger partial charge is 0.394 e. The molecule has 0 aromatic heterocycles. The second-order valence-corrected chi connectivity index (χ2v) is 3.59. The molecule has 0 aliphatic heterocycles. The lowest BCUT2D eigenvalue weighted by atomic mass is 10.1. The Morgan fingerprint density at radius 3 is 2.15 bits per heavy atom. The van der Waals surface area contributed by atoms with Gasteiger partial charge >= 0.3 is 0 Å². The Bertz CT molecular complexity index is 203. The highest BCUT2D eigenvalue weighted by Gasteiger charge is 2.23. The third kappa shape index (κ3) is 4.65. The highest BCUT2D eigenvalue weighted by molar-refractivity contribution is 5.88. The number of amides is 1. The van der Waals surface area contributed by atoms with E-state index in [-0.39, 0.29) is 19.1 Å². The van der Waals surface area contributed by atoms with E-state index in [1.807, 2.05) is 0 Å². The van der Waals surface area contributed by atoms with Crippen molar-refractivity contribution in [1.82, 2.24) is 5.32 Å². The molecule has 76 valence electrons. The van der Waals surface area contributed by atoms with Crippen LogP contribution in [0, 0.1) is 0 Å². The number of carbonyl (C=O) groups is 1. The molecule has 0 aliphatic rings. The maximum absolute atomic E-state index is 11.2. The Labute approximate surface area is 78.3 Å². The zero-order valence-corrected chi connectivity index (χ0v) is 8.29. The van der Waals surface area contributed by atoms with Crippen LogP contribution in [0.3, 0.4) is 0 Å². The van der Waals surface area contributed by atoms with Crippen LogP contribution in [0.2, 0.25) is 0 Å². The van der Waals surface area contributed by atoms with Gasteiger partial charge in [-0.25, -0.2) is 0 Å². The zero-order chi connectivity index (χ0) is 10.5. The molecule has 4 nitrogen and oxygen atoms in total. The summed E-state index contributed by atoms with van der Waals surface area (Å²) in [5.41, 5.74) is -0.0704. The fourth-order valence-electron chi connectivity index (χ4n) is 0.725. The van der Waals surface area contributed by atoms with Crippen LogP contribution in [-0.4, -0.2) is 34.9 Å². The summed E-state index contributed by atoms with van der Waals surface area (Å²) in [4.78, 5) is 11.2. The molecule has 0 bridgehead atoms. The van der Waals surface area contributed by atoms with Gasteiger partial charge in [0.05, 0.1) is 18.8 Å². The lowest BCUT2D eigenvalue weighted by Crippen LogP contribution is -2.51. The van der Waals surface area contributed by atoms with Crippen molar-refractivity contribution in [2.75, 3.05) is 13.2 Å². The Kier molecular flexibility index (Phi) is 4.66. The third-order valence-electron chi connectivity index (χ3n) is 1.54. The smallest absolute Gasteiger partial charge is 0.244 e. The van der Waals surface area contributed by atoms with Crippen LogP contribution in [0.5, 0.6) is 0 Å². The molecular weight excluding hydrogens is 170 g/mol. The second-order valence-electron chi connectivity index (χ2n) is 3.59. The molecule has 0 aromatic rings. The molecular formula is C9H17NO3. The topological polar surface area (TPSA) is 69.6 Å². The van der Waals surface area contributed by atoms with Gasteiger partial charge in [-0.1, -0.05) is 5.57 Å². The van der Waals surface area contributed by atoms with E-state index in [0.29, 0.717) is 0 Å². The van der Waals surface area contributed by atoms with E-state index in [1.54, 1.807) is 20.8 Å². The Morgan fingerprint density at radius 1 is 1.38 bits per heavy atom. The van der Waals surface area contributed by atoms with Crippen molar-refractivity contribution in [2.24, 2.45) is 0 Å². The SMILES string of the molecule is CC(C)=CC(=O)NC(C)(CO)CO. The van der Waals surface area contributed by atoms with E-state index < -0.39 is 5.54 Å². The minimum Gasteiger partial charge on any atom is -0.394 e. The van der Waals surface area contributed by atoms with Gasteiger partial charge in [-0.05, 0) is 20.8 Å². The van der Waals surface area contributed by atoms with Gasteiger partial charge in [0, 0.05) is 6.08 Å². The molecule has 0 radical (unpaired) electrons. The van der Waals surface area contributed by atoms with E-state index in [4.69, 9.17) is 10.2 Å². The minimum absolute atomic E-state index is 0.286. The van der Waals surface area contributed by atoms with Crippen molar-refractivity contribution in [3.63, 3.8) is 0 Å². The summed E-state index contributed by atoms with van der Waals surface area (Å²) in [6.07, 6.45) is 1.42. The zero-order valence-electron chi connectivity index (χ0n) is 8.29. The second kappa shape index (κ2) is 4.99. The average Bonchev–Trinajstić information content (AvgIpc) is 2.02. The number of carbonyl (C=O) groups excluding carboxylic acids is 1. The van der Waals surface area contributed by atoms with Gasteiger partial charge < -0.3 is 15.5 Å². The molecule has 0 saturated heterocycles. The van der Waals surface area contributed by atoms with Gasteiger partial charge in [-0.3, -0.25) is 4.79 Å². The molecule has 0 heterocycles. The van der Waals surface area contributed by atoms with E-state index in [2.05, 4.69) is 5.32 Å². The van der Waals surface area contributed by atoms with Crippen LogP contribution in [0.1, 0.15) is 20.8 Å². The molecule has 1 amide bonds. The summed E-state index contributed by atoms with van der Waals surface area (Å²) < 4.78 is 0. The van der Waals surface area contributed by atoms with Crippen LogP contribution in [0.15, 0.2) is 11.6 Å². The molecule has 4 heteroatoms. The summed E-state index contributed by atoms with van der Waals surface area (Å²) >= 11 is 0. The van der Waals surface area contributed by atoms with Gasteiger partial charge in [0.2, 0.25) is 5.91 Å². The first-order valence-electron chi connectivity index (χ1n) is 4.12. The first-order valence-corrected chi connectivity index (χ1v) is 4.12. The Balaban J connectivity index is 4.26. The quantitative estimate of drug-likeness (QED) is 0.534. The van der Waals surface area contributed by atoms with Crippen LogP contribution in [-0.2, 0) is 4.79 Å². The standard InChI is InChI=1S/C9H17NO3/c1-7(2)4-8(13)10-9(3,5-11)6-12/h4,11-12H,5-6H2,1-3H3,(H,10,13). The first kappa shape index (κ1) is 12.1. The lowest BCUT2D eigenvalue weighted by Gasteiger charge is -2.25. The number of hydrogen-bond acceptors (Lipinski definition) is 3. The third-order valence-corrected chi connectivity index (χ3v) is 1.54. The van der Waals surface area contributed by atoms with E-state index in [9.17, 15) is 4.79 Å². The van der Waals surface area contributed by atoms with Crippen molar-refractivity contribution in [2.45, 2.75) is 26.3 Å². The molecule has 0 aromatic carbocycles. The number of aliphatic hydroxyl groups excluding tert-OH is 2. The maximum Gasteiger partial charge on any atom is 0.244 e. The van der Waals surface area contributed by atoms with Gasteiger partial charge in [-0.15, -0.1) is 0 Å². The van der Waals surface area contributed by atoms with Gasteiger partial charge in [0.15, 0.2) is 0 Å². The Morgan fingerprint density at radius 2 is 1.85 bits per heavy atom. The molecule has 0 saturated carbocycles. The van der Waals surface area contributed by atoms with Crippen molar-refractivity contribution in [3.8, 4) is 0 Å². The number of allylic oxidation sites excluding steroid dienone is 1. The molecule has 3 N–H and O–H groups in total. The molecule has 0 aliphatic carbocycles. The van der Waals surface area contributed by atoms with Crippen LogP contribution >= 0.6 is 0 Å². The fourth-order valence-corrected chi connectivity index (χ4v) is 0.725. The van der Waals surface area contributed by atoms with E-state index in [0.717, 1.165) is 5.57 Å². The van der Waals surface area contributed by atoms with Crippen molar-refractivity contribution in [1.29, 1.82) is 0 Å². The Hall–Kier alpha value is -0.870. The lowest BCUT2D eigenvalue weighted by molar-refractivity contribution is -0.119. The van der Waals surface area contributed by atoms with Crippen molar-refractivity contribution in [3.05, 3.63) is 11.6 Å². The van der Waals surface area contributed by atoms with Gasteiger partial charge in [0.25, 0.3) is 0 Å². The summed E-state index contributed by atoms with van der Waals surface area (Å²) in [6, 6.07) is 0. The van der Waals surface area contributed by atoms with Crippen LogP contribution in [0.25, 0.3) is 0 Å². The molecule has 13 heavy (non-hydrogen) atoms. The van der Waals surface area contributed by atoms with E-state index in [1.165, 1.54) is 6.08 Å². The number of hydrogen-bond donors (Lipinski definition) is 3. The monoisotopic (exact) mass is 187 g/mol. The average molecular weight is 187 g/mol. The van der Waals surface area contributed by atoms with Crippen molar-refractivity contribution < 1.29 is 15.0 Å². The predicted molar refractivity (Wildman–Crippen MR) is 50.2 cm³/mol. The fraction of sp³-hybridized carbons (Fsp3) is 0.667. The molecule has 0 fully saturated rings.